The summed E-state index contributed by atoms with van der Waals surface area (Å²) in [5.74, 6) is 0. The Morgan fingerprint density at radius 2 is 2.22 bits per heavy atom. The molecular formula is C3H3NO4S. The summed E-state index contributed by atoms with van der Waals surface area (Å²) in [5.41, 5.74) is 0. The molecular weight excluding hydrogens is 146 g/mol. The van der Waals surface area contributed by atoms with E-state index < -0.39 is 10.3 Å². The second-order valence-corrected chi connectivity index (χ2v) is 2.10. The predicted octanol–water partition coefficient (Wildman–Crippen LogP) is -0.273. The SMILES string of the molecule is C=COS(=O)(=O)N=C=O. The second-order valence-electron chi connectivity index (χ2n) is 0.873. The summed E-state index contributed by atoms with van der Waals surface area (Å²) in [6, 6.07) is 0. The highest BCUT2D eigenvalue weighted by molar-refractivity contribution is 7.85. The Morgan fingerprint density at radius 1 is 1.67 bits per heavy atom. The Labute approximate surface area is 51.9 Å². The minimum atomic E-state index is -4.10. The average molecular weight is 149 g/mol. The van der Waals surface area contributed by atoms with E-state index in [2.05, 4.69) is 15.2 Å². The van der Waals surface area contributed by atoms with E-state index in [1.807, 2.05) is 0 Å². The fraction of sp³-hybridized carbons (Fsp3) is 0. The van der Waals surface area contributed by atoms with Crippen molar-refractivity contribution in [2.75, 3.05) is 0 Å². The van der Waals surface area contributed by atoms with Gasteiger partial charge in [0.1, 0.15) is 6.26 Å². The van der Waals surface area contributed by atoms with E-state index in [0.29, 0.717) is 6.26 Å². The van der Waals surface area contributed by atoms with Crippen LogP contribution in [0.2, 0.25) is 0 Å². The minimum Gasteiger partial charge on any atom is -0.374 e. The Balaban J connectivity index is 4.40. The van der Waals surface area contributed by atoms with Crippen LogP contribution in [0.15, 0.2) is 17.2 Å². The molecule has 0 saturated carbocycles. The van der Waals surface area contributed by atoms with Gasteiger partial charge in [0.05, 0.1) is 0 Å². The quantitative estimate of drug-likeness (QED) is 0.314. The Morgan fingerprint density at radius 3 is 2.56 bits per heavy atom. The number of isocyanates is 1. The average Bonchev–Trinajstić information content (AvgIpc) is 1.64. The van der Waals surface area contributed by atoms with E-state index in [1.165, 1.54) is 0 Å². The van der Waals surface area contributed by atoms with Crippen molar-refractivity contribution in [1.82, 2.24) is 0 Å². The highest BCUT2D eigenvalue weighted by Gasteiger charge is 2.03. The van der Waals surface area contributed by atoms with Crippen LogP contribution in [0.1, 0.15) is 0 Å². The van der Waals surface area contributed by atoms with Gasteiger partial charge in [0.25, 0.3) is 6.08 Å². The lowest BCUT2D eigenvalue weighted by Gasteiger charge is -1.88. The maximum atomic E-state index is 10.1. The zero-order valence-corrected chi connectivity index (χ0v) is 5.09. The van der Waals surface area contributed by atoms with E-state index in [-0.39, 0.29) is 0 Å². The van der Waals surface area contributed by atoms with E-state index >= 15 is 0 Å². The number of hydrogen-bond donors (Lipinski definition) is 0. The first-order valence-electron chi connectivity index (χ1n) is 1.75. The molecule has 0 spiro atoms. The van der Waals surface area contributed by atoms with Gasteiger partial charge in [0.15, 0.2) is 0 Å². The third-order valence-corrected chi connectivity index (χ3v) is 1.02. The zero-order chi connectivity index (χ0) is 7.33. The van der Waals surface area contributed by atoms with Gasteiger partial charge in [-0.3, -0.25) is 0 Å². The van der Waals surface area contributed by atoms with Crippen LogP contribution in [0.3, 0.4) is 0 Å². The maximum Gasteiger partial charge on any atom is 0.438 e. The molecule has 0 N–H and O–H groups in total. The van der Waals surface area contributed by atoms with Crippen LogP contribution in [-0.2, 0) is 19.3 Å². The summed E-state index contributed by atoms with van der Waals surface area (Å²) in [6.45, 7) is 2.94. The molecule has 0 unspecified atom stereocenters. The summed E-state index contributed by atoms with van der Waals surface area (Å²) in [5, 5.41) is 0. The smallest absolute Gasteiger partial charge is 0.374 e. The first kappa shape index (κ1) is 7.87. The van der Waals surface area contributed by atoms with Crippen molar-refractivity contribution >= 4 is 16.4 Å². The van der Waals surface area contributed by atoms with Gasteiger partial charge in [-0.2, -0.15) is 8.42 Å². The molecule has 50 valence electrons. The Bertz CT molecular complexity index is 235. The molecule has 9 heavy (non-hydrogen) atoms. The Kier molecular flexibility index (Phi) is 2.63. The lowest BCUT2D eigenvalue weighted by molar-refractivity contribution is 0.446. The standard InChI is InChI=1S/C3H3NO4S/c1-2-8-9(6,7)4-3-5/h2H,1H2. The summed E-state index contributed by atoms with van der Waals surface area (Å²) >= 11 is 0. The first-order chi connectivity index (χ1) is 4.12. The summed E-state index contributed by atoms with van der Waals surface area (Å²) < 4.78 is 26.3. The number of hydrogen-bond acceptors (Lipinski definition) is 4. The van der Waals surface area contributed by atoms with E-state index in [4.69, 9.17) is 0 Å². The topological polar surface area (TPSA) is 72.8 Å². The van der Waals surface area contributed by atoms with Crippen molar-refractivity contribution in [3.05, 3.63) is 12.8 Å². The van der Waals surface area contributed by atoms with Crippen molar-refractivity contribution in [2.24, 2.45) is 4.40 Å². The van der Waals surface area contributed by atoms with Crippen LogP contribution in [0, 0.1) is 0 Å². The fourth-order valence-corrected chi connectivity index (χ4v) is 0.459. The van der Waals surface area contributed by atoms with Crippen LogP contribution >= 0.6 is 0 Å². The molecule has 0 amide bonds. The molecule has 0 aliphatic heterocycles. The maximum absolute atomic E-state index is 10.1. The molecule has 0 rings (SSSR count). The molecule has 0 aliphatic carbocycles. The molecule has 0 aromatic heterocycles. The zero-order valence-electron chi connectivity index (χ0n) is 4.27. The molecule has 0 saturated heterocycles. The third-order valence-electron chi connectivity index (χ3n) is 0.339. The van der Waals surface area contributed by atoms with E-state index in [1.54, 1.807) is 0 Å². The van der Waals surface area contributed by atoms with Crippen LogP contribution in [-0.4, -0.2) is 14.5 Å². The monoisotopic (exact) mass is 149 g/mol. The lowest BCUT2D eigenvalue weighted by Crippen LogP contribution is -1.94. The Hall–Kier alpha value is -1.13. The largest absolute Gasteiger partial charge is 0.438 e. The van der Waals surface area contributed by atoms with Gasteiger partial charge in [0, 0.05) is 0 Å². The normalized spacial score (nSPS) is 9.33. The second kappa shape index (κ2) is 3.01. The molecule has 0 aliphatic rings. The molecule has 0 heterocycles. The summed E-state index contributed by atoms with van der Waals surface area (Å²) in [4.78, 5) is 9.31. The van der Waals surface area contributed by atoms with E-state index in [0.717, 1.165) is 6.08 Å². The molecule has 0 radical (unpaired) electrons. The molecule has 0 atom stereocenters. The van der Waals surface area contributed by atoms with Crippen LogP contribution in [0.4, 0.5) is 0 Å². The lowest BCUT2D eigenvalue weighted by atomic mass is 11.2. The highest BCUT2D eigenvalue weighted by atomic mass is 32.2. The summed E-state index contributed by atoms with van der Waals surface area (Å²) in [7, 11) is -4.10. The minimum absolute atomic E-state index is 0.649. The van der Waals surface area contributed by atoms with Crippen molar-refractivity contribution < 1.29 is 17.4 Å². The predicted molar refractivity (Wildman–Crippen MR) is 28.3 cm³/mol. The van der Waals surface area contributed by atoms with Crippen LogP contribution in [0.5, 0.6) is 0 Å². The van der Waals surface area contributed by atoms with Crippen molar-refractivity contribution in [3.8, 4) is 0 Å². The molecule has 0 fully saturated rings. The number of rotatable bonds is 3. The van der Waals surface area contributed by atoms with Gasteiger partial charge in [-0.05, 0) is 4.40 Å². The van der Waals surface area contributed by atoms with Crippen molar-refractivity contribution in [2.45, 2.75) is 0 Å². The van der Waals surface area contributed by atoms with Crippen LogP contribution < -0.4 is 0 Å². The molecule has 5 nitrogen and oxygen atoms in total. The molecule has 6 heteroatoms. The van der Waals surface area contributed by atoms with Crippen molar-refractivity contribution in [1.29, 1.82) is 0 Å². The fourth-order valence-electron chi connectivity index (χ4n) is 0.153. The van der Waals surface area contributed by atoms with E-state index in [9.17, 15) is 13.2 Å². The third kappa shape index (κ3) is 3.45. The first-order valence-corrected chi connectivity index (χ1v) is 3.12. The molecule has 0 aromatic carbocycles. The van der Waals surface area contributed by atoms with Gasteiger partial charge in [0.2, 0.25) is 0 Å². The summed E-state index contributed by atoms with van der Waals surface area (Å²) in [6.07, 6.45) is 1.46. The highest BCUT2D eigenvalue weighted by Crippen LogP contribution is 1.91. The van der Waals surface area contributed by atoms with Gasteiger partial charge < -0.3 is 4.18 Å². The molecule has 0 aromatic rings. The number of carbonyl (C=O) groups excluding carboxylic acids is 1. The van der Waals surface area contributed by atoms with Gasteiger partial charge in [-0.1, -0.05) is 6.58 Å². The van der Waals surface area contributed by atoms with Crippen molar-refractivity contribution in [3.63, 3.8) is 0 Å². The number of nitrogens with zero attached hydrogens (tertiary/aromatic N) is 1. The van der Waals surface area contributed by atoms with Gasteiger partial charge in [-0.25, -0.2) is 4.79 Å². The van der Waals surface area contributed by atoms with Crippen LogP contribution in [0.25, 0.3) is 0 Å². The van der Waals surface area contributed by atoms with Gasteiger partial charge in [-0.15, -0.1) is 0 Å². The van der Waals surface area contributed by atoms with Gasteiger partial charge >= 0.3 is 10.3 Å². The molecule has 0 bridgehead atoms.